The smallest absolute Gasteiger partial charge is 0.223 e. The van der Waals surface area contributed by atoms with Crippen molar-refractivity contribution in [2.24, 2.45) is 5.92 Å². The lowest BCUT2D eigenvalue weighted by Crippen LogP contribution is -2.42. The highest BCUT2D eigenvalue weighted by Crippen LogP contribution is 2.13. The predicted octanol–water partition coefficient (Wildman–Crippen LogP) is 2.05. The van der Waals surface area contributed by atoms with Gasteiger partial charge in [0.05, 0.1) is 0 Å². The maximum absolute atomic E-state index is 12.0. The maximum Gasteiger partial charge on any atom is 0.223 e. The molecule has 96 valence electrons. The topological polar surface area (TPSA) is 32.3 Å². The van der Waals surface area contributed by atoms with Gasteiger partial charge in [-0.1, -0.05) is 20.8 Å². The van der Waals surface area contributed by atoms with E-state index in [0.717, 1.165) is 32.5 Å². The van der Waals surface area contributed by atoms with Crippen LogP contribution in [0, 0.1) is 5.92 Å². The van der Waals surface area contributed by atoms with E-state index < -0.39 is 0 Å². The lowest BCUT2D eigenvalue weighted by Gasteiger charge is -2.29. The first kappa shape index (κ1) is 15.7. The number of carbonyl (C=O) groups is 1. The number of rotatable bonds is 5. The number of carbonyl (C=O) groups excluding carboxylic acids is 1. The zero-order chi connectivity index (χ0) is 11.3. The summed E-state index contributed by atoms with van der Waals surface area (Å²) in [5.41, 5.74) is 0. The summed E-state index contributed by atoms with van der Waals surface area (Å²) < 4.78 is 0. The molecule has 1 rings (SSSR count). The van der Waals surface area contributed by atoms with Gasteiger partial charge in [-0.3, -0.25) is 4.79 Å². The van der Waals surface area contributed by atoms with E-state index in [2.05, 4.69) is 31.0 Å². The fourth-order valence-electron chi connectivity index (χ4n) is 2.12. The van der Waals surface area contributed by atoms with Gasteiger partial charge in [-0.05, 0) is 25.3 Å². The van der Waals surface area contributed by atoms with Gasteiger partial charge < -0.3 is 10.2 Å². The van der Waals surface area contributed by atoms with Crippen LogP contribution in [0.1, 0.15) is 40.0 Å². The third-order valence-corrected chi connectivity index (χ3v) is 2.84. The van der Waals surface area contributed by atoms with Crippen molar-refractivity contribution in [2.75, 3.05) is 19.6 Å². The molecule has 16 heavy (non-hydrogen) atoms. The van der Waals surface area contributed by atoms with Gasteiger partial charge >= 0.3 is 0 Å². The van der Waals surface area contributed by atoms with Crippen LogP contribution < -0.4 is 5.32 Å². The van der Waals surface area contributed by atoms with Crippen molar-refractivity contribution in [1.82, 2.24) is 10.2 Å². The van der Waals surface area contributed by atoms with Gasteiger partial charge in [-0.25, -0.2) is 0 Å². The predicted molar refractivity (Wildman–Crippen MR) is 70.0 cm³/mol. The lowest BCUT2D eigenvalue weighted by molar-refractivity contribution is -0.134. The van der Waals surface area contributed by atoms with E-state index in [1.54, 1.807) is 0 Å². The fraction of sp³-hybridized carbons (Fsp3) is 0.917. The highest BCUT2D eigenvalue weighted by Gasteiger charge is 2.25. The van der Waals surface area contributed by atoms with E-state index in [-0.39, 0.29) is 12.4 Å². The Kier molecular flexibility index (Phi) is 7.77. The van der Waals surface area contributed by atoms with E-state index in [4.69, 9.17) is 0 Å². The Labute approximate surface area is 105 Å². The molecule has 1 saturated heterocycles. The van der Waals surface area contributed by atoms with E-state index in [9.17, 15) is 4.79 Å². The van der Waals surface area contributed by atoms with Crippen molar-refractivity contribution in [2.45, 2.75) is 46.1 Å². The summed E-state index contributed by atoms with van der Waals surface area (Å²) in [6, 6.07) is 0.441. The van der Waals surface area contributed by atoms with Crippen LogP contribution in [0.4, 0.5) is 0 Å². The molecular formula is C12H25ClN2O. The highest BCUT2D eigenvalue weighted by molar-refractivity contribution is 5.85. The summed E-state index contributed by atoms with van der Waals surface area (Å²) in [5, 5.41) is 3.33. The molecule has 1 fully saturated rings. The van der Waals surface area contributed by atoms with Gasteiger partial charge in [0.2, 0.25) is 5.91 Å². The van der Waals surface area contributed by atoms with Gasteiger partial charge in [-0.2, -0.15) is 0 Å². The van der Waals surface area contributed by atoms with Crippen molar-refractivity contribution in [3.63, 3.8) is 0 Å². The largest absolute Gasteiger partial charge is 0.338 e. The number of nitrogens with one attached hydrogen (secondary N) is 1. The van der Waals surface area contributed by atoms with Crippen LogP contribution in [-0.4, -0.2) is 36.5 Å². The van der Waals surface area contributed by atoms with E-state index in [1.165, 1.54) is 0 Å². The van der Waals surface area contributed by atoms with Gasteiger partial charge in [-0.15, -0.1) is 12.4 Å². The first-order valence-corrected chi connectivity index (χ1v) is 6.15. The molecule has 1 heterocycles. The molecule has 0 aromatic carbocycles. The average Bonchev–Trinajstić information content (AvgIpc) is 2.65. The van der Waals surface area contributed by atoms with Crippen LogP contribution in [0.2, 0.25) is 0 Å². The summed E-state index contributed by atoms with van der Waals surface area (Å²) in [6.45, 7) is 9.30. The Bertz CT molecular complexity index is 203. The molecule has 0 spiro atoms. The van der Waals surface area contributed by atoms with E-state index in [1.807, 2.05) is 0 Å². The molecule has 1 amide bonds. The second-order valence-corrected chi connectivity index (χ2v) is 4.83. The molecule has 1 N–H and O–H groups in total. The Morgan fingerprint density at radius 3 is 2.62 bits per heavy atom. The Hall–Kier alpha value is -0.280. The minimum atomic E-state index is 0. The molecular weight excluding hydrogens is 224 g/mol. The second-order valence-electron chi connectivity index (χ2n) is 4.83. The van der Waals surface area contributed by atoms with Crippen LogP contribution in [-0.2, 0) is 4.79 Å². The summed E-state index contributed by atoms with van der Waals surface area (Å²) in [5.74, 6) is 0.798. The van der Waals surface area contributed by atoms with Crippen molar-refractivity contribution in [3.05, 3.63) is 0 Å². The Morgan fingerprint density at radius 1 is 1.50 bits per heavy atom. The molecule has 4 heteroatoms. The van der Waals surface area contributed by atoms with Crippen molar-refractivity contribution in [1.29, 1.82) is 0 Å². The molecule has 0 bridgehead atoms. The third-order valence-electron chi connectivity index (χ3n) is 2.84. The summed E-state index contributed by atoms with van der Waals surface area (Å²) in [6.07, 6.45) is 2.86. The van der Waals surface area contributed by atoms with Crippen molar-refractivity contribution in [3.8, 4) is 0 Å². The molecule has 0 aliphatic carbocycles. The standard InChI is InChI=1S/C12H24N2O.ClH/c1-4-7-14(11-5-6-13-9-11)12(15)8-10(2)3;/h10-11,13H,4-9H2,1-3H3;1H. The van der Waals surface area contributed by atoms with Gasteiger partial charge in [0, 0.05) is 25.6 Å². The number of amides is 1. The third kappa shape index (κ3) is 4.71. The molecule has 0 saturated carbocycles. The number of hydrogen-bond acceptors (Lipinski definition) is 2. The zero-order valence-corrected chi connectivity index (χ0v) is 11.5. The van der Waals surface area contributed by atoms with Crippen LogP contribution in [0.25, 0.3) is 0 Å². The first-order valence-electron chi connectivity index (χ1n) is 6.15. The number of hydrogen-bond donors (Lipinski definition) is 1. The summed E-state index contributed by atoms with van der Waals surface area (Å²) >= 11 is 0. The molecule has 1 aliphatic rings. The molecule has 1 unspecified atom stereocenters. The molecule has 0 aromatic heterocycles. The van der Waals surface area contributed by atoms with Gasteiger partial charge in [0.15, 0.2) is 0 Å². The minimum Gasteiger partial charge on any atom is -0.338 e. The Balaban J connectivity index is 0.00000225. The monoisotopic (exact) mass is 248 g/mol. The summed E-state index contributed by atoms with van der Waals surface area (Å²) in [4.78, 5) is 14.1. The van der Waals surface area contributed by atoms with Crippen LogP contribution in [0.3, 0.4) is 0 Å². The fourth-order valence-corrected chi connectivity index (χ4v) is 2.12. The number of halogens is 1. The van der Waals surface area contributed by atoms with Crippen molar-refractivity contribution < 1.29 is 4.79 Å². The van der Waals surface area contributed by atoms with Crippen LogP contribution in [0.15, 0.2) is 0 Å². The second kappa shape index (κ2) is 7.91. The number of nitrogens with zero attached hydrogens (tertiary/aromatic N) is 1. The SMILES string of the molecule is CCCN(C(=O)CC(C)C)C1CCNC1.Cl. The average molecular weight is 249 g/mol. The quantitative estimate of drug-likeness (QED) is 0.808. The maximum atomic E-state index is 12.0. The van der Waals surface area contributed by atoms with E-state index >= 15 is 0 Å². The van der Waals surface area contributed by atoms with Crippen molar-refractivity contribution >= 4 is 18.3 Å². The van der Waals surface area contributed by atoms with Gasteiger partial charge in [0.1, 0.15) is 0 Å². The van der Waals surface area contributed by atoms with Crippen LogP contribution in [0.5, 0.6) is 0 Å². The van der Waals surface area contributed by atoms with Crippen LogP contribution >= 0.6 is 12.4 Å². The summed E-state index contributed by atoms with van der Waals surface area (Å²) in [7, 11) is 0. The molecule has 1 aliphatic heterocycles. The van der Waals surface area contributed by atoms with Gasteiger partial charge in [0.25, 0.3) is 0 Å². The highest BCUT2D eigenvalue weighted by atomic mass is 35.5. The lowest BCUT2D eigenvalue weighted by atomic mass is 10.1. The van der Waals surface area contributed by atoms with E-state index in [0.29, 0.717) is 24.3 Å². The normalized spacial score (nSPS) is 19.6. The molecule has 1 atom stereocenters. The minimum absolute atomic E-state index is 0. The molecule has 0 aromatic rings. The molecule has 0 radical (unpaired) electrons. The zero-order valence-electron chi connectivity index (χ0n) is 10.7. The molecule has 3 nitrogen and oxygen atoms in total. The Morgan fingerprint density at radius 2 is 2.19 bits per heavy atom. The first-order chi connectivity index (χ1) is 7.15.